The molecule has 1 aromatic rings. The van der Waals surface area contributed by atoms with E-state index in [9.17, 15) is 0 Å². The molecule has 2 N–H and O–H groups in total. The molecular weight excluding hydrogens is 162 g/mol. The summed E-state index contributed by atoms with van der Waals surface area (Å²) >= 11 is 0. The Morgan fingerprint density at radius 1 is 1.38 bits per heavy atom. The van der Waals surface area contributed by atoms with Gasteiger partial charge in [-0.05, 0) is 31.1 Å². The Morgan fingerprint density at radius 2 is 2.23 bits per heavy atom. The monoisotopic (exact) mass is 177 g/mol. The summed E-state index contributed by atoms with van der Waals surface area (Å²) in [6, 6.07) is 0.770. The Kier molecular flexibility index (Phi) is 1.65. The van der Waals surface area contributed by atoms with E-state index < -0.39 is 0 Å². The van der Waals surface area contributed by atoms with Gasteiger partial charge in [-0.25, -0.2) is 4.98 Å². The van der Waals surface area contributed by atoms with E-state index >= 15 is 0 Å². The van der Waals surface area contributed by atoms with Crippen LogP contribution in [0, 0.1) is 11.8 Å². The highest BCUT2D eigenvalue weighted by Gasteiger charge is 2.45. The fourth-order valence-corrected chi connectivity index (χ4v) is 2.52. The maximum atomic E-state index is 4.00. The molecule has 0 spiro atoms. The van der Waals surface area contributed by atoms with Crippen molar-refractivity contribution >= 4 is 0 Å². The molecule has 0 saturated heterocycles. The van der Waals surface area contributed by atoms with Gasteiger partial charge in [0.15, 0.2) is 0 Å². The van der Waals surface area contributed by atoms with Gasteiger partial charge in [-0.15, -0.1) is 0 Å². The number of imidazole rings is 1. The van der Waals surface area contributed by atoms with E-state index in [1.165, 1.54) is 25.0 Å². The van der Waals surface area contributed by atoms with Crippen LogP contribution in [0.3, 0.4) is 0 Å². The van der Waals surface area contributed by atoms with E-state index in [4.69, 9.17) is 0 Å². The van der Waals surface area contributed by atoms with E-state index in [1.54, 1.807) is 6.33 Å². The lowest BCUT2D eigenvalue weighted by molar-refractivity contribution is 0.477. The van der Waals surface area contributed by atoms with Crippen LogP contribution in [0.1, 0.15) is 25.0 Å². The molecule has 2 saturated carbocycles. The number of hydrogen-bond acceptors (Lipinski definition) is 2. The summed E-state index contributed by atoms with van der Waals surface area (Å²) in [4.78, 5) is 7.11. The molecule has 0 bridgehead atoms. The fraction of sp³-hybridized carbons (Fsp3) is 0.700. The normalized spacial score (nSPS) is 36.2. The lowest BCUT2D eigenvalue weighted by Gasteiger charge is -2.12. The molecule has 1 aromatic heterocycles. The maximum absolute atomic E-state index is 4.00. The zero-order valence-electron chi connectivity index (χ0n) is 7.66. The van der Waals surface area contributed by atoms with Gasteiger partial charge in [-0.3, -0.25) is 0 Å². The van der Waals surface area contributed by atoms with E-state index in [2.05, 4.69) is 15.3 Å². The number of nitrogens with zero attached hydrogens (tertiary/aromatic N) is 1. The molecule has 3 heteroatoms. The number of fused-ring (bicyclic) bond motifs is 1. The standard InChI is InChI=1S/C10H15N3/c1-7-2-9(3-8(1)7)12-5-10-4-11-6-13-10/h4,6-9,12H,1-3,5H2,(H,11,13). The van der Waals surface area contributed by atoms with Gasteiger partial charge in [0.05, 0.1) is 6.33 Å². The van der Waals surface area contributed by atoms with Crippen molar-refractivity contribution in [3.63, 3.8) is 0 Å². The minimum absolute atomic E-state index is 0.770. The number of H-pyrrole nitrogens is 1. The lowest BCUT2D eigenvalue weighted by Crippen LogP contribution is -2.26. The number of aromatic nitrogens is 2. The Hall–Kier alpha value is -0.830. The first-order chi connectivity index (χ1) is 6.42. The zero-order valence-corrected chi connectivity index (χ0v) is 7.66. The second-order valence-corrected chi connectivity index (χ2v) is 4.38. The molecule has 0 radical (unpaired) electrons. The molecule has 1 heterocycles. The average Bonchev–Trinajstić information content (AvgIpc) is 2.64. The molecule has 2 atom stereocenters. The van der Waals surface area contributed by atoms with Crippen LogP contribution in [0.25, 0.3) is 0 Å². The van der Waals surface area contributed by atoms with Crippen LogP contribution in [-0.4, -0.2) is 16.0 Å². The SMILES string of the molecule is c1ncc(CNC2CC3CC3C2)[nH]1. The molecule has 0 amide bonds. The fourth-order valence-electron chi connectivity index (χ4n) is 2.52. The number of nitrogens with one attached hydrogen (secondary N) is 2. The third-order valence-electron chi connectivity index (χ3n) is 3.38. The van der Waals surface area contributed by atoms with Crippen molar-refractivity contribution in [3.8, 4) is 0 Å². The van der Waals surface area contributed by atoms with Crippen molar-refractivity contribution in [3.05, 3.63) is 18.2 Å². The van der Waals surface area contributed by atoms with Crippen LogP contribution in [-0.2, 0) is 6.54 Å². The summed E-state index contributed by atoms with van der Waals surface area (Å²) in [7, 11) is 0. The summed E-state index contributed by atoms with van der Waals surface area (Å²) in [6.45, 7) is 0.949. The number of aromatic amines is 1. The minimum atomic E-state index is 0.770. The largest absolute Gasteiger partial charge is 0.347 e. The average molecular weight is 177 g/mol. The first-order valence-corrected chi connectivity index (χ1v) is 5.12. The van der Waals surface area contributed by atoms with Gasteiger partial charge >= 0.3 is 0 Å². The first kappa shape index (κ1) is 7.56. The molecule has 0 aliphatic heterocycles. The third-order valence-corrected chi connectivity index (χ3v) is 3.38. The van der Waals surface area contributed by atoms with Crippen LogP contribution in [0.2, 0.25) is 0 Å². The van der Waals surface area contributed by atoms with Crippen LogP contribution in [0.4, 0.5) is 0 Å². The maximum Gasteiger partial charge on any atom is 0.0922 e. The number of hydrogen-bond donors (Lipinski definition) is 2. The Bertz CT molecular complexity index is 270. The van der Waals surface area contributed by atoms with Gasteiger partial charge in [-0.1, -0.05) is 0 Å². The molecule has 0 aromatic carbocycles. The van der Waals surface area contributed by atoms with Crippen LogP contribution < -0.4 is 5.32 Å². The topological polar surface area (TPSA) is 40.7 Å². The van der Waals surface area contributed by atoms with Crippen molar-refractivity contribution in [2.24, 2.45) is 11.8 Å². The van der Waals surface area contributed by atoms with Gasteiger partial charge in [0, 0.05) is 24.5 Å². The second-order valence-electron chi connectivity index (χ2n) is 4.38. The van der Waals surface area contributed by atoms with Gasteiger partial charge in [0.2, 0.25) is 0 Å². The van der Waals surface area contributed by atoms with E-state index in [0.717, 1.165) is 24.4 Å². The molecule has 2 fully saturated rings. The highest BCUT2D eigenvalue weighted by atomic mass is 15.0. The van der Waals surface area contributed by atoms with Crippen molar-refractivity contribution in [1.29, 1.82) is 0 Å². The summed E-state index contributed by atoms with van der Waals surface area (Å²) in [5.41, 5.74) is 1.19. The Morgan fingerprint density at radius 3 is 2.92 bits per heavy atom. The highest BCUT2D eigenvalue weighted by Crippen LogP contribution is 2.51. The summed E-state index contributed by atoms with van der Waals surface area (Å²) in [5, 5.41) is 3.57. The third kappa shape index (κ3) is 1.48. The molecular formula is C10H15N3. The Labute approximate surface area is 78.0 Å². The van der Waals surface area contributed by atoms with Crippen LogP contribution in [0.5, 0.6) is 0 Å². The molecule has 3 rings (SSSR count). The van der Waals surface area contributed by atoms with Crippen LogP contribution in [0.15, 0.2) is 12.5 Å². The quantitative estimate of drug-likeness (QED) is 0.730. The number of rotatable bonds is 3. The molecule has 13 heavy (non-hydrogen) atoms. The van der Waals surface area contributed by atoms with Crippen LogP contribution >= 0.6 is 0 Å². The lowest BCUT2D eigenvalue weighted by atomic mass is 10.1. The predicted molar refractivity (Wildman–Crippen MR) is 50.0 cm³/mol. The van der Waals surface area contributed by atoms with Gasteiger partial charge in [0.25, 0.3) is 0 Å². The van der Waals surface area contributed by atoms with E-state index in [-0.39, 0.29) is 0 Å². The summed E-state index contributed by atoms with van der Waals surface area (Å²) in [6.07, 6.45) is 7.94. The second kappa shape index (κ2) is 2.84. The van der Waals surface area contributed by atoms with E-state index in [1.807, 2.05) is 6.20 Å². The zero-order chi connectivity index (χ0) is 8.67. The van der Waals surface area contributed by atoms with Gasteiger partial charge < -0.3 is 10.3 Å². The predicted octanol–water partition coefficient (Wildman–Crippen LogP) is 1.30. The minimum Gasteiger partial charge on any atom is -0.347 e. The molecule has 2 aliphatic carbocycles. The van der Waals surface area contributed by atoms with Crippen molar-refractivity contribution in [2.45, 2.75) is 31.8 Å². The highest BCUT2D eigenvalue weighted by molar-refractivity contribution is 5.00. The van der Waals surface area contributed by atoms with Crippen molar-refractivity contribution in [2.75, 3.05) is 0 Å². The summed E-state index contributed by atoms with van der Waals surface area (Å²) < 4.78 is 0. The van der Waals surface area contributed by atoms with Crippen molar-refractivity contribution in [1.82, 2.24) is 15.3 Å². The molecule has 3 nitrogen and oxygen atoms in total. The van der Waals surface area contributed by atoms with Gasteiger partial charge in [-0.2, -0.15) is 0 Å². The molecule has 2 aliphatic rings. The van der Waals surface area contributed by atoms with Crippen molar-refractivity contribution < 1.29 is 0 Å². The smallest absolute Gasteiger partial charge is 0.0922 e. The van der Waals surface area contributed by atoms with Gasteiger partial charge in [0.1, 0.15) is 0 Å². The Balaban J connectivity index is 1.48. The summed E-state index contributed by atoms with van der Waals surface area (Å²) in [5.74, 6) is 2.14. The molecule has 70 valence electrons. The van der Waals surface area contributed by atoms with E-state index in [0.29, 0.717) is 0 Å². The molecule has 2 unspecified atom stereocenters. The first-order valence-electron chi connectivity index (χ1n) is 5.12.